The van der Waals surface area contributed by atoms with Crippen molar-refractivity contribution in [3.05, 3.63) is 84.4 Å². The lowest BCUT2D eigenvalue weighted by atomic mass is 9.98. The summed E-state index contributed by atoms with van der Waals surface area (Å²) in [5.41, 5.74) is 3.58. The average Bonchev–Trinajstić information content (AvgIpc) is 3.62. The van der Waals surface area contributed by atoms with Crippen LogP contribution in [0.25, 0.3) is 39.9 Å². The SMILES string of the molecule is O=C(O)C1CCCN(Cc2ccc(-c3noc(-c4nnn(-c5ccccc5F)c4-c4ccncc4)n3)cc2)C1. The minimum atomic E-state index is -0.732. The van der Waals surface area contributed by atoms with Gasteiger partial charge in [0.1, 0.15) is 17.2 Å². The molecule has 1 atom stereocenters. The van der Waals surface area contributed by atoms with E-state index in [0.29, 0.717) is 35.9 Å². The number of para-hydroxylation sites is 1. The molecule has 10 nitrogen and oxygen atoms in total. The average molecular weight is 526 g/mol. The van der Waals surface area contributed by atoms with E-state index < -0.39 is 11.8 Å². The number of hydrogen-bond acceptors (Lipinski definition) is 8. The van der Waals surface area contributed by atoms with Crippen LogP contribution in [0.4, 0.5) is 4.39 Å². The lowest BCUT2D eigenvalue weighted by Crippen LogP contribution is -2.38. The van der Waals surface area contributed by atoms with Crippen LogP contribution in [0.3, 0.4) is 0 Å². The predicted octanol–water partition coefficient (Wildman–Crippen LogP) is 4.48. The molecule has 0 bridgehead atoms. The van der Waals surface area contributed by atoms with E-state index in [1.165, 1.54) is 10.7 Å². The molecular formula is C28H24FN7O3. The van der Waals surface area contributed by atoms with Crippen molar-refractivity contribution in [2.75, 3.05) is 13.1 Å². The molecule has 0 radical (unpaired) electrons. The lowest BCUT2D eigenvalue weighted by Gasteiger charge is -2.30. The Morgan fingerprint density at radius 3 is 2.62 bits per heavy atom. The first-order valence-electron chi connectivity index (χ1n) is 12.6. The van der Waals surface area contributed by atoms with Crippen LogP contribution < -0.4 is 0 Å². The highest BCUT2D eigenvalue weighted by Crippen LogP contribution is 2.32. The maximum Gasteiger partial charge on any atom is 0.307 e. The summed E-state index contributed by atoms with van der Waals surface area (Å²) in [5.74, 6) is -0.968. The van der Waals surface area contributed by atoms with Gasteiger partial charge in [0.2, 0.25) is 5.82 Å². The number of carboxylic acid groups (broad SMARTS) is 1. The number of benzene rings is 2. The van der Waals surface area contributed by atoms with Crippen LogP contribution in [0.1, 0.15) is 18.4 Å². The number of rotatable bonds is 7. The fourth-order valence-corrected chi connectivity index (χ4v) is 4.84. The van der Waals surface area contributed by atoms with E-state index in [4.69, 9.17) is 4.52 Å². The van der Waals surface area contributed by atoms with Gasteiger partial charge in [0.25, 0.3) is 5.89 Å². The van der Waals surface area contributed by atoms with E-state index in [-0.39, 0.29) is 17.5 Å². The van der Waals surface area contributed by atoms with E-state index in [1.54, 1.807) is 42.7 Å². The molecule has 196 valence electrons. The second-order valence-corrected chi connectivity index (χ2v) is 9.42. The minimum absolute atomic E-state index is 0.150. The van der Waals surface area contributed by atoms with Gasteiger partial charge >= 0.3 is 5.97 Å². The molecule has 0 aliphatic carbocycles. The smallest absolute Gasteiger partial charge is 0.307 e. The number of hydrogen-bond donors (Lipinski definition) is 1. The molecule has 0 spiro atoms. The molecule has 4 heterocycles. The van der Waals surface area contributed by atoms with E-state index in [1.807, 2.05) is 24.3 Å². The number of nitrogens with zero attached hydrogens (tertiary/aromatic N) is 7. The van der Waals surface area contributed by atoms with Gasteiger partial charge in [-0.15, -0.1) is 5.10 Å². The molecule has 1 aliphatic heterocycles. The summed E-state index contributed by atoms with van der Waals surface area (Å²) in [4.78, 5) is 22.2. The van der Waals surface area contributed by atoms with Gasteiger partial charge < -0.3 is 9.63 Å². The van der Waals surface area contributed by atoms with Gasteiger partial charge in [-0.25, -0.2) is 9.07 Å². The van der Waals surface area contributed by atoms with Crippen LogP contribution in [0, 0.1) is 11.7 Å². The van der Waals surface area contributed by atoms with Gasteiger partial charge in [-0.3, -0.25) is 14.7 Å². The Kier molecular flexibility index (Phi) is 6.64. The van der Waals surface area contributed by atoms with Crippen molar-refractivity contribution in [1.29, 1.82) is 0 Å². The van der Waals surface area contributed by atoms with Crippen molar-refractivity contribution in [2.45, 2.75) is 19.4 Å². The highest BCUT2D eigenvalue weighted by atomic mass is 19.1. The first-order chi connectivity index (χ1) is 19.1. The number of piperidine rings is 1. The third-order valence-electron chi connectivity index (χ3n) is 6.81. The number of halogens is 1. The maximum atomic E-state index is 14.7. The first kappa shape index (κ1) is 24.6. The van der Waals surface area contributed by atoms with Gasteiger partial charge in [0.15, 0.2) is 5.69 Å². The van der Waals surface area contributed by atoms with E-state index in [9.17, 15) is 14.3 Å². The van der Waals surface area contributed by atoms with Gasteiger partial charge in [0, 0.05) is 36.6 Å². The molecule has 2 aromatic carbocycles. The fraction of sp³-hybridized carbons (Fsp3) is 0.214. The van der Waals surface area contributed by atoms with Crippen LogP contribution in [0.2, 0.25) is 0 Å². The predicted molar refractivity (Wildman–Crippen MR) is 139 cm³/mol. The van der Waals surface area contributed by atoms with Crippen LogP contribution in [0.15, 0.2) is 77.6 Å². The summed E-state index contributed by atoms with van der Waals surface area (Å²) in [6.07, 6.45) is 4.86. The van der Waals surface area contributed by atoms with Crippen molar-refractivity contribution in [3.8, 4) is 39.9 Å². The topological polar surface area (TPSA) is 123 Å². The summed E-state index contributed by atoms with van der Waals surface area (Å²) < 4.78 is 21.7. The number of aromatic nitrogens is 6. The summed E-state index contributed by atoms with van der Waals surface area (Å²) >= 11 is 0. The van der Waals surface area contributed by atoms with Gasteiger partial charge in [0.05, 0.1) is 5.92 Å². The van der Waals surface area contributed by atoms with Crippen LogP contribution >= 0.6 is 0 Å². The summed E-state index contributed by atoms with van der Waals surface area (Å²) in [5, 5.41) is 22.0. The van der Waals surface area contributed by atoms with Crippen molar-refractivity contribution >= 4 is 5.97 Å². The van der Waals surface area contributed by atoms with Gasteiger partial charge in [-0.05, 0) is 49.2 Å². The summed E-state index contributed by atoms with van der Waals surface area (Å²) in [6.45, 7) is 2.11. The minimum Gasteiger partial charge on any atom is -0.481 e. The molecule has 6 rings (SSSR count). The Bertz CT molecular complexity index is 1600. The van der Waals surface area contributed by atoms with Gasteiger partial charge in [-0.1, -0.05) is 46.8 Å². The van der Waals surface area contributed by atoms with Crippen molar-refractivity contribution in [1.82, 2.24) is 35.0 Å². The van der Waals surface area contributed by atoms with E-state index in [0.717, 1.165) is 30.5 Å². The lowest BCUT2D eigenvalue weighted by molar-refractivity contribution is -0.143. The molecule has 1 N–H and O–H groups in total. The van der Waals surface area contributed by atoms with Crippen LogP contribution in [-0.2, 0) is 11.3 Å². The summed E-state index contributed by atoms with van der Waals surface area (Å²) in [7, 11) is 0. The zero-order chi connectivity index (χ0) is 26.8. The Morgan fingerprint density at radius 1 is 1.05 bits per heavy atom. The third-order valence-corrected chi connectivity index (χ3v) is 6.81. The molecule has 0 amide bonds. The number of aliphatic carboxylic acids is 1. The Labute approximate surface area is 222 Å². The van der Waals surface area contributed by atoms with Crippen molar-refractivity contribution < 1.29 is 18.8 Å². The third kappa shape index (κ3) is 5.04. The van der Waals surface area contributed by atoms with Crippen molar-refractivity contribution in [3.63, 3.8) is 0 Å². The Hall–Kier alpha value is -4.77. The highest BCUT2D eigenvalue weighted by molar-refractivity contribution is 5.76. The maximum absolute atomic E-state index is 14.7. The molecule has 0 saturated carbocycles. The molecule has 1 fully saturated rings. The number of carboxylic acids is 1. The monoisotopic (exact) mass is 525 g/mol. The zero-order valence-electron chi connectivity index (χ0n) is 20.8. The molecule has 11 heteroatoms. The first-order valence-corrected chi connectivity index (χ1v) is 12.6. The highest BCUT2D eigenvalue weighted by Gasteiger charge is 2.26. The second kappa shape index (κ2) is 10.5. The zero-order valence-corrected chi connectivity index (χ0v) is 20.8. The molecule has 3 aromatic heterocycles. The molecule has 1 aliphatic rings. The molecular weight excluding hydrogens is 501 g/mol. The number of pyridine rings is 1. The fourth-order valence-electron chi connectivity index (χ4n) is 4.84. The number of carbonyl (C=O) groups is 1. The molecule has 39 heavy (non-hydrogen) atoms. The van der Waals surface area contributed by atoms with Crippen molar-refractivity contribution in [2.24, 2.45) is 5.92 Å². The normalized spacial score (nSPS) is 15.9. The quantitative estimate of drug-likeness (QED) is 0.327. The molecule has 1 unspecified atom stereocenters. The largest absolute Gasteiger partial charge is 0.481 e. The Balaban J connectivity index is 1.27. The molecule has 1 saturated heterocycles. The number of likely N-dealkylation sites (tertiary alicyclic amines) is 1. The molecule has 5 aromatic rings. The van der Waals surface area contributed by atoms with Crippen LogP contribution in [-0.4, -0.2) is 59.2 Å². The summed E-state index contributed by atoms with van der Waals surface area (Å²) in [6, 6.07) is 17.6. The van der Waals surface area contributed by atoms with Gasteiger partial charge in [-0.2, -0.15) is 4.98 Å². The van der Waals surface area contributed by atoms with E-state index >= 15 is 0 Å². The second-order valence-electron chi connectivity index (χ2n) is 9.42. The Morgan fingerprint density at radius 2 is 1.85 bits per heavy atom. The van der Waals surface area contributed by atoms with E-state index in [2.05, 4.69) is 30.3 Å². The van der Waals surface area contributed by atoms with Crippen LogP contribution in [0.5, 0.6) is 0 Å². The standard InChI is InChI=1S/C28H24FN7O3/c29-22-5-1-2-6-23(22)36-25(19-11-13-30-14-12-19)24(32-34-36)27-31-26(33-39-27)20-9-7-18(8-10-20)16-35-15-3-4-21(17-35)28(37)38/h1-2,5-14,21H,3-4,15-17H2,(H,37,38).